The largest absolute Gasteiger partial charge is 0.504 e. The van der Waals surface area contributed by atoms with Crippen molar-refractivity contribution in [2.75, 3.05) is 7.05 Å². The van der Waals surface area contributed by atoms with E-state index in [1.54, 1.807) is 20.8 Å². The van der Waals surface area contributed by atoms with Gasteiger partial charge in [0.05, 0.1) is 0 Å². The number of aliphatic carboxylic acids is 1. The van der Waals surface area contributed by atoms with E-state index in [2.05, 4.69) is 11.9 Å². The van der Waals surface area contributed by atoms with Crippen LogP contribution in [-0.4, -0.2) is 51.6 Å². The number of fused-ring (bicyclic) bond motifs is 2. The Morgan fingerprint density at radius 1 is 1.42 bits per heavy atom. The Balaban J connectivity index is 0.000000351. The molecule has 136 valence electrons. The molecule has 2 fully saturated rings. The Kier molecular flexibility index (Phi) is 6.87. The van der Waals surface area contributed by atoms with Crippen LogP contribution in [-0.2, 0) is 4.74 Å². The molecule has 24 heavy (non-hydrogen) atoms. The first-order chi connectivity index (χ1) is 11.1. The van der Waals surface area contributed by atoms with Crippen molar-refractivity contribution in [1.29, 1.82) is 0 Å². The number of nitrogens with one attached hydrogen (secondary N) is 1. The molecule has 1 amide bonds. The number of amides is 1. The van der Waals surface area contributed by atoms with E-state index in [0.29, 0.717) is 0 Å². The number of carbonyl (C=O) groups is 1. The second-order valence-corrected chi connectivity index (χ2v) is 7.19. The number of allylic oxidation sites excluding steroid dienone is 2. The molecule has 0 aromatic carbocycles. The first-order valence-corrected chi connectivity index (χ1v) is 8.36. The zero-order valence-corrected chi connectivity index (χ0v) is 15.4. The van der Waals surface area contributed by atoms with Crippen molar-refractivity contribution in [1.82, 2.24) is 10.2 Å². The molecule has 1 heterocycles. The fourth-order valence-electron chi connectivity index (χ4n) is 3.18. The number of carbonyl (C=O) groups excluding carboxylic acids is 1. The molecule has 0 spiro atoms. The summed E-state index contributed by atoms with van der Waals surface area (Å²) >= 11 is 0. The minimum Gasteiger partial charge on any atom is -0.444 e. The molecule has 1 aliphatic heterocycles. The highest BCUT2D eigenvalue weighted by atomic mass is 16.6. The second kappa shape index (κ2) is 8.22. The average Bonchev–Trinajstić information content (AvgIpc) is 3.06. The summed E-state index contributed by atoms with van der Waals surface area (Å²) in [7, 11) is 1.85. The molecule has 2 aliphatic rings. The molecule has 0 radical (unpaired) electrons. The average molecular weight is 339 g/mol. The smallest absolute Gasteiger partial charge is 0.444 e. The Labute approximate surface area is 144 Å². The Morgan fingerprint density at radius 3 is 2.46 bits per heavy atom. The van der Waals surface area contributed by atoms with Gasteiger partial charge in [0, 0.05) is 18.8 Å². The molecule has 1 aliphatic carbocycles. The van der Waals surface area contributed by atoms with Gasteiger partial charge in [-0.1, -0.05) is 12.7 Å². The van der Waals surface area contributed by atoms with Gasteiger partial charge in [-0.2, -0.15) is 0 Å². The highest BCUT2D eigenvalue weighted by Crippen LogP contribution is 2.43. The number of ether oxygens (including phenoxy) is 1. The number of aliphatic hydroxyl groups excluding tert-OH is 1. The lowest BCUT2D eigenvalue weighted by atomic mass is 9.99. The molecule has 3 atom stereocenters. The van der Waals surface area contributed by atoms with Crippen molar-refractivity contribution in [2.45, 2.75) is 64.6 Å². The van der Waals surface area contributed by atoms with E-state index in [4.69, 9.17) is 4.74 Å². The SMILES string of the molecule is C=C(/C=C\C)NC.CC(C)(C)OC(=O)N1C2CCC(C2)C1C(O)=[OH+]. The molecule has 6 nitrogen and oxygen atoms in total. The molecule has 1 saturated heterocycles. The summed E-state index contributed by atoms with van der Waals surface area (Å²) in [5.74, 6) is -0.499. The quantitative estimate of drug-likeness (QED) is 0.611. The Bertz CT molecular complexity index is 508. The van der Waals surface area contributed by atoms with Crippen LogP contribution >= 0.6 is 0 Å². The number of hydrogen-bond donors (Lipinski definition) is 2. The number of carboxylic acid groups (broad SMARTS) is 1. The van der Waals surface area contributed by atoms with Crippen molar-refractivity contribution < 1.29 is 19.4 Å². The molecular weight excluding hydrogens is 308 g/mol. The van der Waals surface area contributed by atoms with E-state index in [0.717, 1.165) is 25.0 Å². The van der Waals surface area contributed by atoms with Gasteiger partial charge in [-0.15, -0.1) is 0 Å². The zero-order valence-electron chi connectivity index (χ0n) is 15.4. The monoisotopic (exact) mass is 339 g/mol. The fraction of sp³-hybridized carbons (Fsp3) is 0.667. The van der Waals surface area contributed by atoms with E-state index >= 15 is 0 Å². The van der Waals surface area contributed by atoms with Gasteiger partial charge in [0.25, 0.3) is 0 Å². The van der Waals surface area contributed by atoms with Crippen molar-refractivity contribution in [3.05, 3.63) is 24.4 Å². The maximum Gasteiger partial charge on any atom is 0.504 e. The van der Waals surface area contributed by atoms with Crippen LogP contribution in [0.25, 0.3) is 0 Å². The molecule has 0 aromatic rings. The summed E-state index contributed by atoms with van der Waals surface area (Å²) in [4.78, 5) is 22.8. The number of piperidine rings is 1. The van der Waals surface area contributed by atoms with Crippen LogP contribution in [0, 0.1) is 5.92 Å². The summed E-state index contributed by atoms with van der Waals surface area (Å²) in [6.45, 7) is 11.0. The summed E-state index contributed by atoms with van der Waals surface area (Å²) in [5, 5.41) is 12.2. The third kappa shape index (κ3) is 5.28. The second-order valence-electron chi connectivity index (χ2n) is 7.19. The van der Waals surface area contributed by atoms with Crippen LogP contribution in [0.5, 0.6) is 0 Å². The lowest BCUT2D eigenvalue weighted by molar-refractivity contribution is 0.0119. The first-order valence-electron chi connectivity index (χ1n) is 8.36. The molecule has 3 unspecified atom stereocenters. The predicted molar refractivity (Wildman–Crippen MR) is 95.6 cm³/mol. The molecule has 0 aromatic heterocycles. The van der Waals surface area contributed by atoms with Gasteiger partial charge < -0.3 is 20.0 Å². The third-order valence-corrected chi connectivity index (χ3v) is 4.14. The molecule has 6 heteroatoms. The summed E-state index contributed by atoms with van der Waals surface area (Å²) in [6, 6.07) is -0.488. The van der Waals surface area contributed by atoms with E-state index in [9.17, 15) is 14.7 Å². The van der Waals surface area contributed by atoms with Gasteiger partial charge in [-0.05, 0) is 59.0 Å². The van der Waals surface area contributed by atoms with Crippen LogP contribution < -0.4 is 5.32 Å². The highest BCUT2D eigenvalue weighted by Gasteiger charge is 2.55. The number of hydrogen-bond acceptors (Lipinski definition) is 3. The summed E-state index contributed by atoms with van der Waals surface area (Å²) in [6.07, 6.45) is 6.12. The minimum absolute atomic E-state index is 0.0918. The van der Waals surface area contributed by atoms with Gasteiger partial charge in [-0.25, -0.2) is 4.79 Å². The fourth-order valence-corrected chi connectivity index (χ4v) is 3.18. The van der Waals surface area contributed by atoms with Gasteiger partial charge in [0.15, 0.2) is 6.04 Å². The van der Waals surface area contributed by atoms with Crippen LogP contribution in [0.4, 0.5) is 4.79 Å². The highest BCUT2D eigenvalue weighted by molar-refractivity contribution is 5.82. The van der Waals surface area contributed by atoms with Crippen LogP contribution in [0.3, 0.4) is 0 Å². The molecular formula is C18H31N2O4+. The molecule has 3 N–H and O–H groups in total. The van der Waals surface area contributed by atoms with Gasteiger partial charge in [-0.3, -0.25) is 4.90 Å². The number of likely N-dealkylation sites (N-methyl/N-ethyl adjacent to an activating group) is 1. The van der Waals surface area contributed by atoms with Crippen molar-refractivity contribution in [3.63, 3.8) is 0 Å². The van der Waals surface area contributed by atoms with E-state index in [-0.39, 0.29) is 12.0 Å². The maximum atomic E-state index is 12.0. The van der Waals surface area contributed by atoms with Gasteiger partial charge >= 0.3 is 12.1 Å². The molecule has 2 bridgehead atoms. The van der Waals surface area contributed by atoms with Crippen LogP contribution in [0.1, 0.15) is 47.0 Å². The summed E-state index contributed by atoms with van der Waals surface area (Å²) in [5.41, 5.74) is 0.386. The predicted octanol–water partition coefficient (Wildman–Crippen LogP) is 3.13. The number of nitrogens with zero attached hydrogens (tertiary/aromatic N) is 1. The third-order valence-electron chi connectivity index (χ3n) is 4.14. The van der Waals surface area contributed by atoms with Gasteiger partial charge in [0.2, 0.25) is 0 Å². The zero-order chi connectivity index (χ0) is 18.5. The van der Waals surface area contributed by atoms with E-state index in [1.807, 2.05) is 26.1 Å². The summed E-state index contributed by atoms with van der Waals surface area (Å²) < 4.78 is 5.31. The molecule has 1 saturated carbocycles. The van der Waals surface area contributed by atoms with Crippen LogP contribution in [0.15, 0.2) is 24.4 Å². The van der Waals surface area contributed by atoms with Crippen molar-refractivity contribution >= 4 is 12.1 Å². The first kappa shape index (κ1) is 20.1. The number of rotatable bonds is 3. The topological polar surface area (TPSA) is 83.2 Å². The van der Waals surface area contributed by atoms with Crippen LogP contribution in [0.2, 0.25) is 0 Å². The lowest BCUT2D eigenvalue weighted by Crippen LogP contribution is -2.50. The maximum absolute atomic E-state index is 12.0. The van der Waals surface area contributed by atoms with Gasteiger partial charge in [0.1, 0.15) is 5.60 Å². The number of likely N-dealkylation sites (tertiary alicyclic amines) is 1. The van der Waals surface area contributed by atoms with E-state index in [1.165, 1.54) is 4.90 Å². The van der Waals surface area contributed by atoms with Crippen molar-refractivity contribution in [2.24, 2.45) is 5.92 Å². The Morgan fingerprint density at radius 2 is 2.04 bits per heavy atom. The normalized spacial score (nSPS) is 25.2. The molecule has 2 rings (SSSR count). The standard InChI is InChI=1S/C12H19NO4.C6H11N/c1-12(2,3)17-11(16)13-8-5-4-7(6-8)9(13)10(14)15;1-4-5-6(2)7-3/h7-9H,4-6H2,1-3H3,(H,14,15);4-5,7H,2H2,1,3H3/p+1/b;5-4-. The number of carboxylic acids is 1. The van der Waals surface area contributed by atoms with E-state index < -0.39 is 23.7 Å². The lowest BCUT2D eigenvalue weighted by Gasteiger charge is -2.32. The minimum atomic E-state index is -0.664. The Hall–Kier alpha value is -1.98. The van der Waals surface area contributed by atoms with Crippen molar-refractivity contribution in [3.8, 4) is 0 Å².